The van der Waals surface area contributed by atoms with Crippen molar-refractivity contribution in [3.63, 3.8) is 0 Å². The molecule has 3 rings (SSSR count). The van der Waals surface area contributed by atoms with E-state index < -0.39 is 5.97 Å². The van der Waals surface area contributed by atoms with Gasteiger partial charge in [-0.3, -0.25) is 10.1 Å². The van der Waals surface area contributed by atoms with Gasteiger partial charge >= 0.3 is 5.97 Å². The number of carboxylic acid groups (broad SMARTS) is 1. The lowest BCUT2D eigenvalue weighted by atomic mass is 10.2. The molecule has 5 nitrogen and oxygen atoms in total. The number of anilines is 1. The average molecular weight is 444 g/mol. The van der Waals surface area contributed by atoms with Crippen molar-refractivity contribution in [1.82, 2.24) is 4.98 Å². The lowest BCUT2D eigenvalue weighted by Crippen LogP contribution is -2.13. The molecule has 112 valence electrons. The molecule has 0 radical (unpaired) electrons. The lowest BCUT2D eigenvalue weighted by Gasteiger charge is -2.01. The van der Waals surface area contributed by atoms with Gasteiger partial charge in [0.2, 0.25) is 0 Å². The fourth-order valence-corrected chi connectivity index (χ4v) is 3.70. The molecule has 1 aromatic heterocycles. The zero-order chi connectivity index (χ0) is 15.9. The molecule has 0 saturated heterocycles. The summed E-state index contributed by atoms with van der Waals surface area (Å²) in [5, 5.41) is 12.2. The molecule has 1 aromatic carbocycles. The average Bonchev–Trinajstić information content (AvgIpc) is 3.01. The van der Waals surface area contributed by atoms with E-state index in [-0.39, 0.29) is 11.5 Å². The highest BCUT2D eigenvalue weighted by Crippen LogP contribution is 2.34. The van der Waals surface area contributed by atoms with Gasteiger partial charge in [0.25, 0.3) is 5.91 Å². The first-order valence-electron chi connectivity index (χ1n) is 6.14. The summed E-state index contributed by atoms with van der Waals surface area (Å²) in [6.07, 6.45) is 2.29. The van der Waals surface area contributed by atoms with Crippen LogP contribution in [0.2, 0.25) is 0 Å². The van der Waals surface area contributed by atoms with Gasteiger partial charge in [-0.2, -0.15) is 0 Å². The summed E-state index contributed by atoms with van der Waals surface area (Å²) in [5.41, 5.74) is 1.49. The highest BCUT2D eigenvalue weighted by molar-refractivity contribution is 9.14. The number of allylic oxidation sites excluding steroid dienone is 3. The SMILES string of the molecule is O=C(Nc1nc2ccc(C(=O)O)cc2s1)C1=CC(Br)=C(Br)C1. The van der Waals surface area contributed by atoms with E-state index in [1.54, 1.807) is 18.2 Å². The number of carbonyl (C=O) groups excluding carboxylic acids is 1. The summed E-state index contributed by atoms with van der Waals surface area (Å²) >= 11 is 7.98. The highest BCUT2D eigenvalue weighted by atomic mass is 79.9. The first-order chi connectivity index (χ1) is 10.4. The number of carboxylic acids is 1. The second-order valence-corrected chi connectivity index (χ2v) is 7.40. The third kappa shape index (κ3) is 2.99. The molecule has 0 atom stereocenters. The van der Waals surface area contributed by atoms with Crippen molar-refractivity contribution < 1.29 is 14.7 Å². The molecule has 1 heterocycles. The quantitative estimate of drug-likeness (QED) is 0.742. The first kappa shape index (κ1) is 15.4. The molecule has 0 fully saturated rings. The zero-order valence-electron chi connectivity index (χ0n) is 10.9. The lowest BCUT2D eigenvalue weighted by molar-refractivity contribution is -0.112. The third-order valence-electron chi connectivity index (χ3n) is 3.05. The van der Waals surface area contributed by atoms with Crippen LogP contribution < -0.4 is 5.32 Å². The molecule has 22 heavy (non-hydrogen) atoms. The Morgan fingerprint density at radius 1 is 1.32 bits per heavy atom. The summed E-state index contributed by atoms with van der Waals surface area (Å²) < 4.78 is 2.50. The van der Waals surface area contributed by atoms with Crippen LogP contribution in [-0.4, -0.2) is 22.0 Å². The molecule has 0 aliphatic heterocycles. The second kappa shape index (κ2) is 5.94. The Hall–Kier alpha value is -1.51. The predicted molar refractivity (Wildman–Crippen MR) is 92.8 cm³/mol. The van der Waals surface area contributed by atoms with E-state index in [1.165, 1.54) is 17.4 Å². The number of carbonyl (C=O) groups is 2. The number of nitrogens with zero attached hydrogens (tertiary/aromatic N) is 1. The summed E-state index contributed by atoms with van der Waals surface area (Å²) in [6, 6.07) is 4.68. The molecule has 0 unspecified atom stereocenters. The number of hydrogen-bond donors (Lipinski definition) is 2. The Bertz CT molecular complexity index is 870. The number of aromatic carboxylic acids is 1. The minimum absolute atomic E-state index is 0.199. The van der Waals surface area contributed by atoms with Gasteiger partial charge in [0.05, 0.1) is 15.8 Å². The minimum atomic E-state index is -0.988. The molecule has 2 aromatic rings. The van der Waals surface area contributed by atoms with Crippen LogP contribution in [0.4, 0.5) is 5.13 Å². The number of benzene rings is 1. The van der Waals surface area contributed by atoms with Crippen molar-refractivity contribution in [2.75, 3.05) is 5.32 Å². The molecule has 0 bridgehead atoms. The summed E-state index contributed by atoms with van der Waals surface area (Å²) in [4.78, 5) is 27.4. The van der Waals surface area contributed by atoms with Crippen LogP contribution in [0.5, 0.6) is 0 Å². The third-order valence-corrected chi connectivity index (χ3v) is 5.93. The number of amides is 1. The number of halogens is 2. The second-order valence-electron chi connectivity index (χ2n) is 4.56. The van der Waals surface area contributed by atoms with Gasteiger partial charge in [0.15, 0.2) is 5.13 Å². The largest absolute Gasteiger partial charge is 0.478 e. The van der Waals surface area contributed by atoms with Crippen LogP contribution in [0.1, 0.15) is 16.8 Å². The topological polar surface area (TPSA) is 79.3 Å². The van der Waals surface area contributed by atoms with Crippen molar-refractivity contribution in [3.8, 4) is 0 Å². The maximum atomic E-state index is 12.2. The van der Waals surface area contributed by atoms with Crippen molar-refractivity contribution in [2.45, 2.75) is 6.42 Å². The number of nitrogens with one attached hydrogen (secondary N) is 1. The van der Waals surface area contributed by atoms with Gasteiger partial charge in [0, 0.05) is 21.0 Å². The Labute approximate surface area is 146 Å². The number of fused-ring (bicyclic) bond motifs is 1. The van der Waals surface area contributed by atoms with Crippen LogP contribution in [0.25, 0.3) is 10.2 Å². The van der Waals surface area contributed by atoms with Crippen molar-refractivity contribution >= 4 is 70.4 Å². The smallest absolute Gasteiger partial charge is 0.335 e. The van der Waals surface area contributed by atoms with Crippen molar-refractivity contribution in [2.24, 2.45) is 0 Å². The first-order valence-corrected chi connectivity index (χ1v) is 8.54. The monoisotopic (exact) mass is 442 g/mol. The Balaban J connectivity index is 1.81. The van der Waals surface area contributed by atoms with Crippen LogP contribution in [-0.2, 0) is 4.79 Å². The minimum Gasteiger partial charge on any atom is -0.478 e. The summed E-state index contributed by atoms with van der Waals surface area (Å²) in [7, 11) is 0. The van der Waals surface area contributed by atoms with Gasteiger partial charge in [0.1, 0.15) is 0 Å². The van der Waals surface area contributed by atoms with E-state index in [4.69, 9.17) is 5.11 Å². The predicted octanol–water partition coefficient (Wildman–Crippen LogP) is 4.26. The van der Waals surface area contributed by atoms with Gasteiger partial charge in [-0.15, -0.1) is 0 Å². The van der Waals surface area contributed by atoms with Crippen molar-refractivity contribution in [1.29, 1.82) is 0 Å². The number of aromatic nitrogens is 1. The molecule has 1 aliphatic rings. The van der Waals surface area contributed by atoms with Gasteiger partial charge in [-0.25, -0.2) is 9.78 Å². The van der Waals surface area contributed by atoms with E-state index in [1.807, 2.05) is 0 Å². The van der Waals surface area contributed by atoms with E-state index >= 15 is 0 Å². The van der Waals surface area contributed by atoms with E-state index in [0.717, 1.165) is 13.7 Å². The van der Waals surface area contributed by atoms with E-state index in [9.17, 15) is 9.59 Å². The molecule has 1 aliphatic carbocycles. The number of rotatable bonds is 3. The molecule has 0 spiro atoms. The summed E-state index contributed by atoms with van der Waals surface area (Å²) in [6.45, 7) is 0. The fraction of sp³-hybridized carbons (Fsp3) is 0.0714. The normalized spacial score (nSPS) is 14.4. The maximum absolute atomic E-state index is 12.2. The summed E-state index contributed by atoms with van der Waals surface area (Å²) in [5.74, 6) is -1.21. The van der Waals surface area contributed by atoms with E-state index in [0.29, 0.717) is 22.6 Å². The van der Waals surface area contributed by atoms with Gasteiger partial charge < -0.3 is 5.11 Å². The van der Waals surface area contributed by atoms with Crippen molar-refractivity contribution in [3.05, 3.63) is 44.4 Å². The van der Waals surface area contributed by atoms with Gasteiger partial charge in [-0.05, 0) is 40.2 Å². The maximum Gasteiger partial charge on any atom is 0.335 e. The molecular formula is C14H8Br2N2O3S. The Kier molecular flexibility index (Phi) is 4.16. The van der Waals surface area contributed by atoms with Crippen LogP contribution in [0.15, 0.2) is 38.8 Å². The molecule has 8 heteroatoms. The number of hydrogen-bond acceptors (Lipinski definition) is 4. The molecule has 0 saturated carbocycles. The Morgan fingerprint density at radius 2 is 2.09 bits per heavy atom. The Morgan fingerprint density at radius 3 is 2.73 bits per heavy atom. The molecule has 2 N–H and O–H groups in total. The fourth-order valence-electron chi connectivity index (χ4n) is 1.97. The number of thiazole rings is 1. The molecular weight excluding hydrogens is 436 g/mol. The standard InChI is InChI=1S/C14H8Br2N2O3S/c15-8-3-7(4-9(8)16)12(19)18-14-17-10-2-1-6(13(20)21)5-11(10)22-14/h1-3,5H,4H2,(H,20,21)(H,17,18,19). The van der Waals surface area contributed by atoms with Crippen LogP contribution >= 0.6 is 43.2 Å². The highest BCUT2D eigenvalue weighted by Gasteiger charge is 2.19. The molecule has 1 amide bonds. The van der Waals surface area contributed by atoms with Crippen LogP contribution in [0, 0.1) is 0 Å². The van der Waals surface area contributed by atoms with Gasteiger partial charge in [-0.1, -0.05) is 27.3 Å². The zero-order valence-corrected chi connectivity index (χ0v) is 14.9. The van der Waals surface area contributed by atoms with E-state index in [2.05, 4.69) is 42.2 Å². The van der Waals surface area contributed by atoms with Crippen LogP contribution in [0.3, 0.4) is 0 Å².